The Balaban J connectivity index is 1.33. The quantitative estimate of drug-likeness (QED) is 0.644. The van der Waals surface area contributed by atoms with Crippen molar-refractivity contribution in [2.75, 3.05) is 13.1 Å². The number of hydrogen-bond acceptors (Lipinski definition) is 7. The maximum absolute atomic E-state index is 12.7. The largest absolute Gasteiger partial charge is 0.368 e. The lowest BCUT2D eigenvalue weighted by Crippen LogP contribution is -2.43. The van der Waals surface area contributed by atoms with E-state index in [1.54, 1.807) is 29.5 Å². The summed E-state index contributed by atoms with van der Waals surface area (Å²) in [6.45, 7) is 4.25. The molecule has 0 saturated carbocycles. The van der Waals surface area contributed by atoms with Crippen molar-refractivity contribution in [3.8, 4) is 11.5 Å². The van der Waals surface area contributed by atoms with E-state index in [4.69, 9.17) is 9.26 Å². The van der Waals surface area contributed by atoms with E-state index in [0.717, 1.165) is 31.5 Å². The van der Waals surface area contributed by atoms with Crippen molar-refractivity contribution >= 4 is 5.91 Å². The van der Waals surface area contributed by atoms with E-state index < -0.39 is 0 Å². The summed E-state index contributed by atoms with van der Waals surface area (Å²) in [6, 6.07) is 3.62. The zero-order chi connectivity index (χ0) is 19.3. The third-order valence-electron chi connectivity index (χ3n) is 4.71. The van der Waals surface area contributed by atoms with Gasteiger partial charge >= 0.3 is 0 Å². The zero-order valence-electron chi connectivity index (χ0n) is 15.7. The average Bonchev–Trinajstić information content (AvgIpc) is 3.42. The summed E-state index contributed by atoms with van der Waals surface area (Å²) in [4.78, 5) is 22.8. The van der Waals surface area contributed by atoms with E-state index in [9.17, 15) is 4.79 Å². The third kappa shape index (κ3) is 4.09. The molecule has 4 heterocycles. The number of piperidine rings is 1. The molecule has 4 rings (SSSR count). The van der Waals surface area contributed by atoms with Crippen molar-refractivity contribution in [2.45, 2.75) is 39.0 Å². The molecule has 1 fully saturated rings. The number of carbonyl (C=O) groups excluding carboxylic acids is 1. The number of rotatable bonds is 6. The van der Waals surface area contributed by atoms with Crippen molar-refractivity contribution in [1.29, 1.82) is 0 Å². The van der Waals surface area contributed by atoms with E-state index >= 15 is 0 Å². The van der Waals surface area contributed by atoms with Crippen molar-refractivity contribution in [3.05, 3.63) is 48.3 Å². The predicted molar refractivity (Wildman–Crippen MR) is 99.1 cm³/mol. The number of aromatic nitrogens is 5. The van der Waals surface area contributed by atoms with Crippen LogP contribution in [0, 0.1) is 0 Å². The molecule has 9 nitrogen and oxygen atoms in total. The van der Waals surface area contributed by atoms with E-state index in [-0.39, 0.29) is 18.6 Å². The highest BCUT2D eigenvalue weighted by molar-refractivity contribution is 5.93. The lowest BCUT2D eigenvalue weighted by Gasteiger charge is -2.32. The van der Waals surface area contributed by atoms with Gasteiger partial charge < -0.3 is 14.2 Å². The summed E-state index contributed by atoms with van der Waals surface area (Å²) in [7, 11) is 0. The molecule has 1 amide bonds. The van der Waals surface area contributed by atoms with Crippen LogP contribution in [-0.2, 0) is 17.9 Å². The summed E-state index contributed by atoms with van der Waals surface area (Å²) in [5, 5.41) is 8.15. The normalized spacial score (nSPS) is 17.0. The van der Waals surface area contributed by atoms with Crippen LogP contribution in [0.5, 0.6) is 0 Å². The van der Waals surface area contributed by atoms with Crippen LogP contribution in [0.2, 0.25) is 0 Å². The molecule has 0 aromatic carbocycles. The Kier molecular flexibility index (Phi) is 5.43. The molecule has 0 radical (unpaired) electrons. The van der Waals surface area contributed by atoms with E-state index in [1.807, 2.05) is 24.0 Å². The number of carbonyl (C=O) groups is 1. The first kappa shape index (κ1) is 18.3. The first-order chi connectivity index (χ1) is 13.7. The van der Waals surface area contributed by atoms with Gasteiger partial charge in [-0.05, 0) is 31.9 Å². The SMILES string of the molecule is CCn1cc(C(=O)N2CCCC(OCc3noc(-c4ccncc4)n3)C2)cn1. The summed E-state index contributed by atoms with van der Waals surface area (Å²) in [6.07, 6.45) is 8.49. The van der Waals surface area contributed by atoms with Crippen LogP contribution >= 0.6 is 0 Å². The van der Waals surface area contributed by atoms with Crippen LogP contribution in [-0.4, -0.2) is 54.9 Å². The number of aryl methyl sites for hydroxylation is 1. The van der Waals surface area contributed by atoms with Gasteiger partial charge in [-0.1, -0.05) is 5.16 Å². The highest BCUT2D eigenvalue weighted by atomic mass is 16.5. The Bertz CT molecular complexity index is 923. The smallest absolute Gasteiger partial charge is 0.258 e. The van der Waals surface area contributed by atoms with Crippen molar-refractivity contribution in [1.82, 2.24) is 29.8 Å². The number of nitrogens with zero attached hydrogens (tertiary/aromatic N) is 6. The van der Waals surface area contributed by atoms with Gasteiger partial charge in [0.15, 0.2) is 5.82 Å². The maximum Gasteiger partial charge on any atom is 0.258 e. The number of hydrogen-bond donors (Lipinski definition) is 0. The van der Waals surface area contributed by atoms with E-state index in [1.165, 1.54) is 0 Å². The second-order valence-corrected chi connectivity index (χ2v) is 6.66. The Morgan fingerprint density at radius 3 is 3.00 bits per heavy atom. The van der Waals surface area contributed by atoms with Crippen molar-refractivity contribution in [2.24, 2.45) is 0 Å². The fraction of sp³-hybridized carbons (Fsp3) is 0.421. The molecule has 1 unspecified atom stereocenters. The van der Waals surface area contributed by atoms with Crippen LogP contribution in [0.4, 0.5) is 0 Å². The van der Waals surface area contributed by atoms with Gasteiger partial charge in [0.1, 0.15) is 6.61 Å². The molecule has 3 aromatic rings. The molecule has 28 heavy (non-hydrogen) atoms. The van der Waals surface area contributed by atoms with Gasteiger partial charge in [-0.15, -0.1) is 0 Å². The molecule has 0 N–H and O–H groups in total. The topological polar surface area (TPSA) is 99.2 Å². The number of amides is 1. The van der Waals surface area contributed by atoms with Gasteiger partial charge in [0.25, 0.3) is 11.8 Å². The fourth-order valence-corrected chi connectivity index (χ4v) is 3.20. The molecule has 0 spiro atoms. The molecular formula is C19H22N6O3. The minimum atomic E-state index is -0.0539. The zero-order valence-corrected chi connectivity index (χ0v) is 15.7. The summed E-state index contributed by atoms with van der Waals surface area (Å²) in [5.74, 6) is 0.918. The summed E-state index contributed by atoms with van der Waals surface area (Å²) in [5.41, 5.74) is 1.43. The second-order valence-electron chi connectivity index (χ2n) is 6.66. The highest BCUT2D eigenvalue weighted by Gasteiger charge is 2.26. The average molecular weight is 382 g/mol. The highest BCUT2D eigenvalue weighted by Crippen LogP contribution is 2.19. The monoisotopic (exact) mass is 382 g/mol. The molecule has 1 aliphatic rings. The van der Waals surface area contributed by atoms with Crippen LogP contribution in [0.1, 0.15) is 35.9 Å². The van der Waals surface area contributed by atoms with Gasteiger partial charge in [-0.3, -0.25) is 14.5 Å². The van der Waals surface area contributed by atoms with Gasteiger partial charge in [-0.25, -0.2) is 0 Å². The molecule has 1 saturated heterocycles. The lowest BCUT2D eigenvalue weighted by atomic mass is 10.1. The first-order valence-corrected chi connectivity index (χ1v) is 9.39. The summed E-state index contributed by atoms with van der Waals surface area (Å²) >= 11 is 0. The van der Waals surface area contributed by atoms with Crippen LogP contribution in [0.15, 0.2) is 41.4 Å². The molecule has 1 aliphatic heterocycles. The summed E-state index contributed by atoms with van der Waals surface area (Å²) < 4.78 is 13.0. The molecule has 3 aromatic heterocycles. The van der Waals surface area contributed by atoms with Gasteiger partial charge in [-0.2, -0.15) is 10.1 Å². The Morgan fingerprint density at radius 2 is 2.21 bits per heavy atom. The fourth-order valence-electron chi connectivity index (χ4n) is 3.20. The van der Waals surface area contributed by atoms with Crippen LogP contribution in [0.25, 0.3) is 11.5 Å². The van der Waals surface area contributed by atoms with Gasteiger partial charge in [0, 0.05) is 43.8 Å². The molecular weight excluding hydrogens is 360 g/mol. The Hall–Kier alpha value is -3.07. The van der Waals surface area contributed by atoms with Crippen LogP contribution in [0.3, 0.4) is 0 Å². The molecule has 9 heteroatoms. The third-order valence-corrected chi connectivity index (χ3v) is 4.71. The van der Waals surface area contributed by atoms with E-state index in [2.05, 4.69) is 20.2 Å². The Morgan fingerprint density at radius 1 is 1.36 bits per heavy atom. The first-order valence-electron chi connectivity index (χ1n) is 9.39. The number of ether oxygens (including phenoxy) is 1. The minimum absolute atomic E-state index is 0.00691. The Labute approximate surface area is 162 Å². The van der Waals surface area contributed by atoms with Crippen molar-refractivity contribution < 1.29 is 14.1 Å². The second kappa shape index (κ2) is 8.30. The number of likely N-dealkylation sites (tertiary alicyclic amines) is 1. The molecule has 1 atom stereocenters. The number of pyridine rings is 1. The standard InChI is InChI=1S/C19H22N6O3/c1-2-25-11-15(10-21-25)19(26)24-9-3-4-16(12-24)27-13-17-22-18(28-23-17)14-5-7-20-8-6-14/h5-8,10-11,16H,2-4,9,12-13H2,1H3. The van der Waals surface area contributed by atoms with Crippen molar-refractivity contribution in [3.63, 3.8) is 0 Å². The molecule has 0 bridgehead atoms. The van der Waals surface area contributed by atoms with E-state index in [0.29, 0.717) is 23.8 Å². The minimum Gasteiger partial charge on any atom is -0.368 e. The van der Waals surface area contributed by atoms with Crippen LogP contribution < -0.4 is 0 Å². The van der Waals surface area contributed by atoms with Gasteiger partial charge in [0.2, 0.25) is 0 Å². The molecule has 146 valence electrons. The lowest BCUT2D eigenvalue weighted by molar-refractivity contribution is -0.00961. The predicted octanol–water partition coefficient (Wildman–Crippen LogP) is 2.17. The molecule has 0 aliphatic carbocycles. The van der Waals surface area contributed by atoms with Gasteiger partial charge in [0.05, 0.1) is 17.9 Å². The maximum atomic E-state index is 12.7.